The summed E-state index contributed by atoms with van der Waals surface area (Å²) in [6.07, 6.45) is 1.66. The number of piperidine rings is 1. The Balaban J connectivity index is 1.61. The first kappa shape index (κ1) is 18.0. The van der Waals surface area contributed by atoms with Gasteiger partial charge in [0.1, 0.15) is 0 Å². The highest BCUT2D eigenvalue weighted by molar-refractivity contribution is 7.12. The third-order valence-electron chi connectivity index (χ3n) is 4.52. The minimum atomic E-state index is -0.167. The molecule has 0 aliphatic carbocycles. The second-order valence-corrected chi connectivity index (χ2v) is 7.74. The average Bonchev–Trinajstić information content (AvgIpc) is 3.15. The standard InChI is InChI=1S/C19H21ClN2O2S/c1-13(14-5-2-7-16(20)11-14)21-18(23)15-6-3-9-22(12-15)19(24)17-8-4-10-25-17/h2,4-5,7-8,10-11,13,15H,3,6,9,12H2,1H3,(H,21,23). The van der Waals surface area contributed by atoms with Crippen molar-refractivity contribution in [2.45, 2.75) is 25.8 Å². The monoisotopic (exact) mass is 376 g/mol. The summed E-state index contributed by atoms with van der Waals surface area (Å²) >= 11 is 7.46. The largest absolute Gasteiger partial charge is 0.349 e. The maximum Gasteiger partial charge on any atom is 0.263 e. The first-order valence-corrected chi connectivity index (χ1v) is 9.69. The molecule has 6 heteroatoms. The molecule has 1 N–H and O–H groups in total. The molecule has 2 heterocycles. The van der Waals surface area contributed by atoms with Crippen LogP contribution in [0.2, 0.25) is 5.02 Å². The summed E-state index contributed by atoms with van der Waals surface area (Å²) in [5, 5.41) is 5.61. The van der Waals surface area contributed by atoms with Gasteiger partial charge in [0.15, 0.2) is 0 Å². The van der Waals surface area contributed by atoms with Gasteiger partial charge in [-0.3, -0.25) is 9.59 Å². The number of hydrogen-bond donors (Lipinski definition) is 1. The van der Waals surface area contributed by atoms with Crippen LogP contribution in [0.3, 0.4) is 0 Å². The highest BCUT2D eigenvalue weighted by atomic mass is 35.5. The molecule has 1 aliphatic rings. The van der Waals surface area contributed by atoms with Gasteiger partial charge in [-0.25, -0.2) is 0 Å². The van der Waals surface area contributed by atoms with Gasteiger partial charge in [0, 0.05) is 18.1 Å². The lowest BCUT2D eigenvalue weighted by atomic mass is 9.96. The van der Waals surface area contributed by atoms with Crippen molar-refractivity contribution in [1.29, 1.82) is 0 Å². The van der Waals surface area contributed by atoms with Crippen molar-refractivity contribution in [1.82, 2.24) is 10.2 Å². The van der Waals surface area contributed by atoms with Gasteiger partial charge in [-0.1, -0.05) is 29.8 Å². The normalized spacial score (nSPS) is 18.6. The van der Waals surface area contributed by atoms with Gasteiger partial charge in [-0.05, 0) is 48.9 Å². The SMILES string of the molecule is CC(NC(=O)C1CCCN(C(=O)c2cccs2)C1)c1cccc(Cl)c1. The van der Waals surface area contributed by atoms with Gasteiger partial charge < -0.3 is 10.2 Å². The molecule has 2 aromatic rings. The number of carbonyl (C=O) groups is 2. The fourth-order valence-electron chi connectivity index (χ4n) is 3.12. The molecule has 1 aromatic carbocycles. The minimum Gasteiger partial charge on any atom is -0.349 e. The van der Waals surface area contributed by atoms with E-state index in [1.807, 2.05) is 48.7 Å². The molecule has 2 amide bonds. The summed E-state index contributed by atoms with van der Waals surface area (Å²) in [5.74, 6) is -0.147. The van der Waals surface area contributed by atoms with E-state index in [0.29, 0.717) is 18.1 Å². The summed E-state index contributed by atoms with van der Waals surface area (Å²) in [6.45, 7) is 3.14. The van der Waals surface area contributed by atoms with Crippen molar-refractivity contribution in [2.75, 3.05) is 13.1 Å². The number of rotatable bonds is 4. The lowest BCUT2D eigenvalue weighted by Gasteiger charge is -2.32. The van der Waals surface area contributed by atoms with Gasteiger partial charge >= 0.3 is 0 Å². The van der Waals surface area contributed by atoms with Crippen LogP contribution < -0.4 is 5.32 Å². The molecule has 1 aliphatic heterocycles. The quantitative estimate of drug-likeness (QED) is 0.872. The Hall–Kier alpha value is -1.85. The lowest BCUT2D eigenvalue weighted by molar-refractivity contribution is -0.127. The van der Waals surface area contributed by atoms with E-state index in [1.54, 1.807) is 4.90 Å². The molecule has 1 fully saturated rings. The zero-order valence-corrected chi connectivity index (χ0v) is 15.6. The molecule has 0 radical (unpaired) electrons. The number of thiophene rings is 1. The number of amides is 2. The third kappa shape index (κ3) is 4.41. The molecule has 3 rings (SSSR count). The van der Waals surface area contributed by atoms with Crippen LogP contribution in [0, 0.1) is 5.92 Å². The van der Waals surface area contributed by atoms with Gasteiger partial charge in [-0.2, -0.15) is 0 Å². The fraction of sp³-hybridized carbons (Fsp3) is 0.368. The van der Waals surface area contributed by atoms with Crippen LogP contribution in [0.15, 0.2) is 41.8 Å². The van der Waals surface area contributed by atoms with E-state index in [-0.39, 0.29) is 23.8 Å². The summed E-state index contributed by atoms with van der Waals surface area (Å²) < 4.78 is 0. The number of nitrogens with one attached hydrogen (secondary N) is 1. The molecule has 2 unspecified atom stereocenters. The number of halogens is 1. The first-order valence-electron chi connectivity index (χ1n) is 8.43. The number of nitrogens with zero attached hydrogens (tertiary/aromatic N) is 1. The van der Waals surface area contributed by atoms with Crippen LogP contribution in [0.1, 0.15) is 41.0 Å². The van der Waals surface area contributed by atoms with Gasteiger partial charge in [0.2, 0.25) is 5.91 Å². The highest BCUT2D eigenvalue weighted by Crippen LogP contribution is 2.22. The van der Waals surface area contributed by atoms with Crippen LogP contribution in [0.4, 0.5) is 0 Å². The van der Waals surface area contributed by atoms with Gasteiger partial charge in [0.05, 0.1) is 16.8 Å². The van der Waals surface area contributed by atoms with E-state index in [2.05, 4.69) is 5.32 Å². The molecule has 0 spiro atoms. The van der Waals surface area contributed by atoms with Crippen molar-refractivity contribution >= 4 is 34.8 Å². The topological polar surface area (TPSA) is 49.4 Å². The van der Waals surface area contributed by atoms with Crippen LogP contribution in [0.25, 0.3) is 0 Å². The molecule has 132 valence electrons. The maximum atomic E-state index is 12.6. The second-order valence-electron chi connectivity index (χ2n) is 6.35. The van der Waals surface area contributed by atoms with E-state index in [1.165, 1.54) is 11.3 Å². The van der Waals surface area contributed by atoms with E-state index in [0.717, 1.165) is 23.3 Å². The lowest BCUT2D eigenvalue weighted by Crippen LogP contribution is -2.45. The van der Waals surface area contributed by atoms with E-state index in [9.17, 15) is 9.59 Å². The molecule has 25 heavy (non-hydrogen) atoms. The van der Waals surface area contributed by atoms with Crippen LogP contribution in [-0.4, -0.2) is 29.8 Å². The maximum absolute atomic E-state index is 12.6. The Morgan fingerprint density at radius 1 is 1.32 bits per heavy atom. The van der Waals surface area contributed by atoms with E-state index >= 15 is 0 Å². The summed E-state index contributed by atoms with van der Waals surface area (Å²) in [5.41, 5.74) is 0.975. The van der Waals surface area contributed by atoms with Crippen molar-refractivity contribution in [3.05, 3.63) is 57.2 Å². The summed E-state index contributed by atoms with van der Waals surface area (Å²) in [6, 6.07) is 11.1. The second kappa shape index (κ2) is 8.02. The molecule has 0 saturated carbocycles. The molecular formula is C19H21ClN2O2S. The summed E-state index contributed by atoms with van der Waals surface area (Å²) in [7, 11) is 0. The molecule has 2 atom stereocenters. The summed E-state index contributed by atoms with van der Waals surface area (Å²) in [4.78, 5) is 27.7. The highest BCUT2D eigenvalue weighted by Gasteiger charge is 2.29. The Kier molecular flexibility index (Phi) is 5.76. The number of hydrogen-bond acceptors (Lipinski definition) is 3. The number of carbonyl (C=O) groups excluding carboxylic acids is 2. The predicted molar refractivity (Wildman–Crippen MR) is 101 cm³/mol. The van der Waals surface area contributed by atoms with Crippen LogP contribution in [0.5, 0.6) is 0 Å². The fourth-order valence-corrected chi connectivity index (χ4v) is 4.01. The first-order chi connectivity index (χ1) is 12.0. The molecule has 4 nitrogen and oxygen atoms in total. The Morgan fingerprint density at radius 3 is 2.88 bits per heavy atom. The van der Waals surface area contributed by atoms with Crippen molar-refractivity contribution in [3.63, 3.8) is 0 Å². The van der Waals surface area contributed by atoms with Crippen molar-refractivity contribution in [2.24, 2.45) is 5.92 Å². The number of benzene rings is 1. The van der Waals surface area contributed by atoms with E-state index in [4.69, 9.17) is 11.6 Å². The molecule has 1 saturated heterocycles. The predicted octanol–water partition coefficient (Wildman–Crippen LogP) is 4.13. The van der Waals surface area contributed by atoms with Crippen molar-refractivity contribution < 1.29 is 9.59 Å². The Bertz CT molecular complexity index is 748. The minimum absolute atomic E-state index is 0.00356. The smallest absolute Gasteiger partial charge is 0.263 e. The van der Waals surface area contributed by atoms with Crippen LogP contribution in [-0.2, 0) is 4.79 Å². The Labute approximate surface area is 156 Å². The molecule has 0 bridgehead atoms. The van der Waals surface area contributed by atoms with Gasteiger partial charge in [0.25, 0.3) is 5.91 Å². The Morgan fingerprint density at radius 2 is 2.16 bits per heavy atom. The zero-order valence-electron chi connectivity index (χ0n) is 14.1. The van der Waals surface area contributed by atoms with Crippen molar-refractivity contribution in [3.8, 4) is 0 Å². The molecule has 1 aromatic heterocycles. The molecular weight excluding hydrogens is 356 g/mol. The van der Waals surface area contributed by atoms with Crippen LogP contribution >= 0.6 is 22.9 Å². The number of likely N-dealkylation sites (tertiary alicyclic amines) is 1. The average molecular weight is 377 g/mol. The van der Waals surface area contributed by atoms with Gasteiger partial charge in [-0.15, -0.1) is 11.3 Å². The zero-order chi connectivity index (χ0) is 17.8. The van der Waals surface area contributed by atoms with E-state index < -0.39 is 0 Å². The third-order valence-corrected chi connectivity index (χ3v) is 5.61.